The van der Waals surface area contributed by atoms with Gasteiger partial charge in [0.25, 0.3) is 5.91 Å². The average molecular weight is 410 g/mol. The largest absolute Gasteiger partial charge is 0.418 e. The van der Waals surface area contributed by atoms with E-state index >= 15 is 0 Å². The molecule has 0 aromatic heterocycles. The Morgan fingerprint density at radius 2 is 1.86 bits per heavy atom. The number of hydrogen-bond acceptors (Lipinski definition) is 2. The Balaban J connectivity index is 1.99. The van der Waals surface area contributed by atoms with Crippen molar-refractivity contribution in [3.05, 3.63) is 76.0 Å². The molecule has 1 atom stereocenters. The van der Waals surface area contributed by atoms with Gasteiger partial charge in [0.15, 0.2) is 0 Å². The van der Waals surface area contributed by atoms with E-state index in [1.165, 1.54) is 25.1 Å². The number of nitrogens with one attached hydrogen (secondary N) is 3. The maximum absolute atomic E-state index is 13.2. The van der Waals surface area contributed by atoms with Crippen molar-refractivity contribution < 1.29 is 22.8 Å². The smallest absolute Gasteiger partial charge is 0.327 e. The van der Waals surface area contributed by atoms with Crippen LogP contribution in [0.15, 0.2) is 59.8 Å². The zero-order valence-electron chi connectivity index (χ0n) is 14.5. The fourth-order valence-corrected chi connectivity index (χ4v) is 3.16. The fourth-order valence-electron chi connectivity index (χ4n) is 2.96. The lowest BCUT2D eigenvalue weighted by Crippen LogP contribution is -2.46. The Kier molecular flexibility index (Phi) is 5.33. The van der Waals surface area contributed by atoms with Crippen LogP contribution in [-0.2, 0) is 11.0 Å². The van der Waals surface area contributed by atoms with Crippen molar-refractivity contribution in [3.63, 3.8) is 0 Å². The monoisotopic (exact) mass is 409 g/mol. The highest BCUT2D eigenvalue weighted by molar-refractivity contribution is 6.30. The van der Waals surface area contributed by atoms with Crippen LogP contribution in [0.5, 0.6) is 0 Å². The van der Waals surface area contributed by atoms with E-state index in [0.717, 1.165) is 6.07 Å². The molecule has 1 aliphatic heterocycles. The minimum atomic E-state index is -4.63. The fraction of sp³-hybridized carbons (Fsp3) is 0.158. The van der Waals surface area contributed by atoms with Crippen LogP contribution in [0.4, 0.5) is 23.7 Å². The molecule has 5 nitrogen and oxygen atoms in total. The molecule has 1 heterocycles. The van der Waals surface area contributed by atoms with Gasteiger partial charge in [-0.3, -0.25) is 4.79 Å². The van der Waals surface area contributed by atoms with Gasteiger partial charge in [-0.05, 0) is 36.8 Å². The highest BCUT2D eigenvalue weighted by Crippen LogP contribution is 2.35. The Morgan fingerprint density at radius 1 is 1.14 bits per heavy atom. The van der Waals surface area contributed by atoms with Gasteiger partial charge in [-0.15, -0.1) is 0 Å². The van der Waals surface area contributed by atoms with Crippen LogP contribution in [0.2, 0.25) is 5.02 Å². The summed E-state index contributed by atoms with van der Waals surface area (Å²) in [5, 5.41) is 7.77. The van der Waals surface area contributed by atoms with Crippen LogP contribution in [0, 0.1) is 0 Å². The third kappa shape index (κ3) is 4.12. The average Bonchev–Trinajstić information content (AvgIpc) is 2.60. The molecule has 3 N–H and O–H groups in total. The molecule has 0 radical (unpaired) electrons. The van der Waals surface area contributed by atoms with Crippen LogP contribution in [0.25, 0.3) is 0 Å². The summed E-state index contributed by atoms with van der Waals surface area (Å²) in [6.45, 7) is 1.50. The van der Waals surface area contributed by atoms with Crippen molar-refractivity contribution in [1.29, 1.82) is 0 Å². The number of alkyl halides is 3. The maximum atomic E-state index is 13.2. The Morgan fingerprint density at radius 3 is 2.54 bits per heavy atom. The molecule has 3 rings (SSSR count). The SMILES string of the molecule is CC1=C(C(=O)Nc2ccccc2C(F)(F)F)[C@H](c2cccc(Cl)c2)NC(=O)N1. The molecule has 0 saturated carbocycles. The second-order valence-corrected chi connectivity index (χ2v) is 6.56. The van der Waals surface area contributed by atoms with Crippen LogP contribution in [0.1, 0.15) is 24.1 Å². The molecule has 0 bridgehead atoms. The van der Waals surface area contributed by atoms with Gasteiger partial charge in [-0.2, -0.15) is 13.2 Å². The van der Waals surface area contributed by atoms with E-state index in [9.17, 15) is 22.8 Å². The van der Waals surface area contributed by atoms with E-state index < -0.39 is 29.7 Å². The lowest BCUT2D eigenvalue weighted by molar-refractivity contribution is -0.137. The van der Waals surface area contributed by atoms with Crippen molar-refractivity contribution in [2.75, 3.05) is 5.32 Å². The number of amides is 3. The lowest BCUT2D eigenvalue weighted by atomic mass is 9.94. The number of rotatable bonds is 3. The van der Waals surface area contributed by atoms with Gasteiger partial charge < -0.3 is 16.0 Å². The molecule has 0 fully saturated rings. The summed E-state index contributed by atoms with van der Waals surface area (Å²) in [5.41, 5.74) is -0.499. The zero-order valence-corrected chi connectivity index (χ0v) is 15.3. The number of allylic oxidation sites excluding steroid dienone is 1. The van der Waals surface area contributed by atoms with Crippen molar-refractivity contribution in [2.24, 2.45) is 0 Å². The number of carbonyl (C=O) groups is 2. The second kappa shape index (κ2) is 7.55. The molecular weight excluding hydrogens is 395 g/mol. The number of para-hydroxylation sites is 1. The molecule has 3 amide bonds. The van der Waals surface area contributed by atoms with Crippen molar-refractivity contribution in [2.45, 2.75) is 19.1 Å². The predicted octanol–water partition coefficient (Wildman–Crippen LogP) is 4.63. The molecule has 0 saturated heterocycles. The van der Waals surface area contributed by atoms with E-state index in [0.29, 0.717) is 10.6 Å². The van der Waals surface area contributed by atoms with Gasteiger partial charge in [-0.25, -0.2) is 4.79 Å². The maximum Gasteiger partial charge on any atom is 0.418 e. The molecule has 146 valence electrons. The summed E-state index contributed by atoms with van der Waals surface area (Å²) in [7, 11) is 0. The minimum Gasteiger partial charge on any atom is -0.327 e. The van der Waals surface area contributed by atoms with Crippen LogP contribution in [-0.4, -0.2) is 11.9 Å². The predicted molar refractivity (Wildman–Crippen MR) is 98.6 cm³/mol. The molecule has 1 aliphatic rings. The number of carbonyl (C=O) groups excluding carboxylic acids is 2. The summed E-state index contributed by atoms with van der Waals surface area (Å²) >= 11 is 5.99. The van der Waals surface area contributed by atoms with Gasteiger partial charge in [0.1, 0.15) is 0 Å². The lowest BCUT2D eigenvalue weighted by Gasteiger charge is -2.29. The number of benzene rings is 2. The Bertz CT molecular complexity index is 973. The molecule has 9 heteroatoms. The van der Waals surface area contributed by atoms with E-state index in [4.69, 9.17) is 11.6 Å². The topological polar surface area (TPSA) is 70.2 Å². The first kappa shape index (κ1) is 19.8. The van der Waals surface area contributed by atoms with E-state index in [2.05, 4.69) is 16.0 Å². The Hall–Kier alpha value is -3.00. The normalized spacial score (nSPS) is 17.0. The quantitative estimate of drug-likeness (QED) is 0.692. The van der Waals surface area contributed by atoms with Crippen LogP contribution >= 0.6 is 11.6 Å². The summed E-state index contributed by atoms with van der Waals surface area (Å²) in [5.74, 6) is -0.772. The minimum absolute atomic E-state index is 0.0823. The molecule has 2 aromatic carbocycles. The summed E-state index contributed by atoms with van der Waals surface area (Å²) < 4.78 is 39.6. The molecule has 0 spiro atoms. The second-order valence-electron chi connectivity index (χ2n) is 6.12. The van der Waals surface area contributed by atoms with Gasteiger partial charge >= 0.3 is 12.2 Å². The van der Waals surface area contributed by atoms with E-state index in [1.807, 2.05) is 0 Å². The van der Waals surface area contributed by atoms with Crippen LogP contribution < -0.4 is 16.0 Å². The standard InChI is InChI=1S/C19H15ClF3N3O2/c1-10-15(16(26-18(28)24-10)11-5-4-6-12(20)9-11)17(27)25-14-8-3-2-7-13(14)19(21,22)23/h2-9,16H,1H3,(H,25,27)(H2,24,26,28)/t16-/m0/s1. The summed E-state index contributed by atoms with van der Waals surface area (Å²) in [6.07, 6.45) is -4.63. The van der Waals surface area contributed by atoms with Gasteiger partial charge in [0.05, 0.1) is 22.9 Å². The number of anilines is 1. The number of urea groups is 1. The van der Waals surface area contributed by atoms with Gasteiger partial charge in [0.2, 0.25) is 0 Å². The van der Waals surface area contributed by atoms with Gasteiger partial charge in [-0.1, -0.05) is 35.9 Å². The molecule has 0 unspecified atom stereocenters. The zero-order chi connectivity index (χ0) is 20.5. The first-order valence-corrected chi connectivity index (χ1v) is 8.56. The third-order valence-electron chi connectivity index (χ3n) is 4.18. The number of hydrogen-bond donors (Lipinski definition) is 3. The first-order valence-electron chi connectivity index (χ1n) is 8.18. The van der Waals surface area contributed by atoms with Crippen molar-refractivity contribution >= 4 is 29.2 Å². The third-order valence-corrected chi connectivity index (χ3v) is 4.41. The number of halogens is 4. The van der Waals surface area contributed by atoms with Crippen molar-refractivity contribution in [3.8, 4) is 0 Å². The van der Waals surface area contributed by atoms with E-state index in [1.54, 1.807) is 24.3 Å². The molecule has 0 aliphatic carbocycles. The van der Waals surface area contributed by atoms with Crippen LogP contribution in [0.3, 0.4) is 0 Å². The summed E-state index contributed by atoms with van der Waals surface area (Å²) in [4.78, 5) is 24.8. The Labute approximate surface area is 163 Å². The molecular formula is C19H15ClF3N3O2. The van der Waals surface area contributed by atoms with E-state index in [-0.39, 0.29) is 17.0 Å². The molecule has 2 aromatic rings. The van der Waals surface area contributed by atoms with Crippen molar-refractivity contribution in [1.82, 2.24) is 10.6 Å². The highest BCUT2D eigenvalue weighted by atomic mass is 35.5. The summed E-state index contributed by atoms with van der Waals surface area (Å²) in [6, 6.07) is 9.78. The highest BCUT2D eigenvalue weighted by Gasteiger charge is 2.35. The molecule has 28 heavy (non-hydrogen) atoms. The first-order chi connectivity index (χ1) is 13.2. The van der Waals surface area contributed by atoms with Gasteiger partial charge in [0, 0.05) is 10.7 Å².